The summed E-state index contributed by atoms with van der Waals surface area (Å²) in [7, 11) is 0. The summed E-state index contributed by atoms with van der Waals surface area (Å²) >= 11 is 5.78. The summed E-state index contributed by atoms with van der Waals surface area (Å²) in [5, 5.41) is 0.547. The quantitative estimate of drug-likeness (QED) is 0.541. The van der Waals surface area contributed by atoms with Gasteiger partial charge in [0, 0.05) is 22.6 Å². The lowest BCUT2D eigenvalue weighted by Crippen LogP contribution is -2.15. The van der Waals surface area contributed by atoms with Gasteiger partial charge in [-0.05, 0) is 60.7 Å². The molecule has 0 N–H and O–H groups in total. The second-order valence-corrected chi connectivity index (χ2v) is 6.79. The highest BCUT2D eigenvalue weighted by Crippen LogP contribution is 2.23. The van der Waals surface area contributed by atoms with Gasteiger partial charge in [-0.1, -0.05) is 23.7 Å². The van der Waals surface area contributed by atoms with Crippen LogP contribution in [-0.4, -0.2) is 24.1 Å². The maximum Gasteiger partial charge on any atom is 0.306 e. The van der Waals surface area contributed by atoms with E-state index < -0.39 is 5.97 Å². The van der Waals surface area contributed by atoms with Crippen molar-refractivity contribution >= 4 is 29.1 Å². The van der Waals surface area contributed by atoms with Crippen LogP contribution < -0.4 is 0 Å². The van der Waals surface area contributed by atoms with Crippen LogP contribution in [0, 0.1) is 0 Å². The Labute approximate surface area is 157 Å². The first-order valence-electron chi connectivity index (χ1n) is 8.62. The minimum Gasteiger partial charge on any atom is -0.457 e. The van der Waals surface area contributed by atoms with Crippen molar-refractivity contribution in [1.29, 1.82) is 0 Å². The van der Waals surface area contributed by atoms with Crippen molar-refractivity contribution in [2.24, 2.45) is 0 Å². The molecule has 0 bridgehead atoms. The molecule has 3 rings (SSSR count). The summed E-state index contributed by atoms with van der Waals surface area (Å²) in [6.07, 6.45) is 3.14. The molecule has 0 radical (unpaired) electrons. The Kier molecular flexibility index (Phi) is 5.84. The molecule has 4 nitrogen and oxygen atoms in total. The molecule has 134 valence electrons. The number of fused-ring (bicyclic) bond motifs is 1. The lowest BCUT2D eigenvalue weighted by Gasteiger charge is -2.06. The molecule has 0 fully saturated rings. The maximum atomic E-state index is 12.2. The molecule has 5 heteroatoms. The van der Waals surface area contributed by atoms with Crippen LogP contribution in [0.2, 0.25) is 5.02 Å². The number of aryl methyl sites for hydroxylation is 2. The standard InChI is InChI=1S/C21H19ClO4/c22-18-8-6-15(7-9-18)19(23)10-11-21(25)26-13-20(24)17-5-4-14-2-1-3-16(14)12-17/h4-9,12H,1-3,10-11,13H2. The van der Waals surface area contributed by atoms with Gasteiger partial charge in [0.1, 0.15) is 0 Å². The number of benzene rings is 2. The number of ether oxygens (including phenoxy) is 1. The summed E-state index contributed by atoms with van der Waals surface area (Å²) in [6.45, 7) is -0.299. The Morgan fingerprint density at radius 1 is 0.846 bits per heavy atom. The second kappa shape index (κ2) is 8.28. The van der Waals surface area contributed by atoms with E-state index in [0.29, 0.717) is 16.1 Å². The van der Waals surface area contributed by atoms with Gasteiger partial charge in [0.15, 0.2) is 18.2 Å². The first-order valence-corrected chi connectivity index (χ1v) is 9.00. The number of rotatable bonds is 7. The van der Waals surface area contributed by atoms with Crippen LogP contribution in [0.25, 0.3) is 0 Å². The van der Waals surface area contributed by atoms with E-state index >= 15 is 0 Å². The van der Waals surface area contributed by atoms with Crippen LogP contribution in [0.4, 0.5) is 0 Å². The summed E-state index contributed by atoms with van der Waals surface area (Å²) in [5.74, 6) is -0.942. The average molecular weight is 371 g/mol. The van der Waals surface area contributed by atoms with Crippen molar-refractivity contribution in [2.75, 3.05) is 6.61 Å². The van der Waals surface area contributed by atoms with Gasteiger partial charge >= 0.3 is 5.97 Å². The van der Waals surface area contributed by atoms with Gasteiger partial charge in [-0.3, -0.25) is 14.4 Å². The van der Waals surface area contributed by atoms with E-state index in [-0.39, 0.29) is 31.0 Å². The third kappa shape index (κ3) is 4.58. The fraction of sp³-hybridized carbons (Fsp3) is 0.286. The lowest BCUT2D eigenvalue weighted by atomic mass is 10.0. The number of hydrogen-bond acceptors (Lipinski definition) is 4. The monoisotopic (exact) mass is 370 g/mol. The van der Waals surface area contributed by atoms with Crippen LogP contribution in [0.5, 0.6) is 0 Å². The molecular weight excluding hydrogens is 352 g/mol. The molecule has 0 atom stereocenters. The predicted molar refractivity (Wildman–Crippen MR) is 98.8 cm³/mol. The average Bonchev–Trinajstić information content (AvgIpc) is 3.12. The largest absolute Gasteiger partial charge is 0.457 e. The number of Topliss-reactive ketones (excluding diaryl/α,β-unsaturated/α-hetero) is 2. The molecule has 0 aliphatic heterocycles. The van der Waals surface area contributed by atoms with Crippen LogP contribution in [-0.2, 0) is 22.4 Å². The molecule has 0 spiro atoms. The Hall–Kier alpha value is -2.46. The van der Waals surface area contributed by atoms with Gasteiger partial charge in [-0.2, -0.15) is 0 Å². The Morgan fingerprint density at radius 2 is 1.54 bits per heavy atom. The molecule has 0 saturated carbocycles. The molecule has 26 heavy (non-hydrogen) atoms. The van der Waals surface area contributed by atoms with Crippen LogP contribution in [0.15, 0.2) is 42.5 Å². The minimum absolute atomic E-state index is 0.0352. The Bertz CT molecular complexity index is 840. The zero-order valence-corrected chi connectivity index (χ0v) is 15.1. The van der Waals surface area contributed by atoms with Gasteiger partial charge in [0.05, 0.1) is 6.42 Å². The lowest BCUT2D eigenvalue weighted by molar-refractivity contribution is -0.142. The van der Waals surface area contributed by atoms with Gasteiger partial charge in [0.2, 0.25) is 0 Å². The molecule has 0 unspecified atom stereocenters. The Morgan fingerprint density at radius 3 is 2.31 bits per heavy atom. The Balaban J connectivity index is 1.45. The summed E-state index contributed by atoms with van der Waals surface area (Å²) in [5.41, 5.74) is 3.56. The van der Waals surface area contributed by atoms with Crippen molar-refractivity contribution in [2.45, 2.75) is 32.1 Å². The zero-order valence-electron chi connectivity index (χ0n) is 14.3. The van der Waals surface area contributed by atoms with Crippen molar-refractivity contribution in [3.63, 3.8) is 0 Å². The molecule has 0 aromatic heterocycles. The summed E-state index contributed by atoms with van der Waals surface area (Å²) in [6, 6.07) is 12.1. The molecule has 0 amide bonds. The van der Waals surface area contributed by atoms with E-state index in [2.05, 4.69) is 0 Å². The maximum absolute atomic E-state index is 12.2. The number of carbonyl (C=O) groups is 3. The van der Waals surface area contributed by atoms with Crippen molar-refractivity contribution in [1.82, 2.24) is 0 Å². The highest BCUT2D eigenvalue weighted by molar-refractivity contribution is 6.30. The molecule has 0 heterocycles. The third-order valence-electron chi connectivity index (χ3n) is 4.51. The first-order chi connectivity index (χ1) is 12.5. The number of carbonyl (C=O) groups excluding carboxylic acids is 3. The van der Waals surface area contributed by atoms with Gasteiger partial charge in [0.25, 0.3) is 0 Å². The van der Waals surface area contributed by atoms with Crippen molar-refractivity contribution in [3.8, 4) is 0 Å². The van der Waals surface area contributed by atoms with Crippen molar-refractivity contribution in [3.05, 3.63) is 69.7 Å². The molecule has 1 aliphatic rings. The molecule has 2 aromatic carbocycles. The highest BCUT2D eigenvalue weighted by atomic mass is 35.5. The normalized spacial score (nSPS) is 12.5. The zero-order chi connectivity index (χ0) is 18.5. The van der Waals surface area contributed by atoms with Gasteiger partial charge < -0.3 is 4.74 Å². The van der Waals surface area contributed by atoms with E-state index in [1.165, 1.54) is 11.1 Å². The van der Waals surface area contributed by atoms with E-state index in [1.54, 1.807) is 30.3 Å². The minimum atomic E-state index is -0.554. The van der Waals surface area contributed by atoms with Gasteiger partial charge in [-0.15, -0.1) is 0 Å². The third-order valence-corrected chi connectivity index (χ3v) is 4.76. The predicted octanol–water partition coefficient (Wildman–Crippen LogP) is 4.22. The highest BCUT2D eigenvalue weighted by Gasteiger charge is 2.16. The van der Waals surface area contributed by atoms with Crippen LogP contribution in [0.1, 0.15) is 51.1 Å². The van der Waals surface area contributed by atoms with Crippen LogP contribution in [0.3, 0.4) is 0 Å². The summed E-state index contributed by atoms with van der Waals surface area (Å²) in [4.78, 5) is 36.0. The number of hydrogen-bond donors (Lipinski definition) is 0. The van der Waals surface area contributed by atoms with E-state index in [4.69, 9.17) is 16.3 Å². The van der Waals surface area contributed by atoms with E-state index in [9.17, 15) is 14.4 Å². The molecule has 0 saturated heterocycles. The second-order valence-electron chi connectivity index (χ2n) is 6.35. The SMILES string of the molecule is O=C(CCC(=O)c1ccc(Cl)cc1)OCC(=O)c1ccc2c(c1)CCC2. The molecular formula is C21H19ClO4. The van der Waals surface area contributed by atoms with E-state index in [1.807, 2.05) is 12.1 Å². The van der Waals surface area contributed by atoms with E-state index in [0.717, 1.165) is 19.3 Å². The fourth-order valence-electron chi connectivity index (χ4n) is 3.04. The smallest absolute Gasteiger partial charge is 0.306 e. The number of halogens is 1. The van der Waals surface area contributed by atoms with Crippen LogP contribution >= 0.6 is 11.6 Å². The van der Waals surface area contributed by atoms with Crippen molar-refractivity contribution < 1.29 is 19.1 Å². The fourth-order valence-corrected chi connectivity index (χ4v) is 3.17. The topological polar surface area (TPSA) is 60.4 Å². The molecule has 1 aliphatic carbocycles. The first kappa shape index (κ1) is 18.3. The number of ketones is 2. The molecule has 2 aromatic rings. The number of esters is 1. The summed E-state index contributed by atoms with van der Waals surface area (Å²) < 4.78 is 5.02. The van der Waals surface area contributed by atoms with Gasteiger partial charge in [-0.25, -0.2) is 0 Å².